The molecule has 0 aliphatic heterocycles. The highest BCUT2D eigenvalue weighted by molar-refractivity contribution is 6.10. The Morgan fingerprint density at radius 2 is 1.96 bits per heavy atom. The van der Waals surface area contributed by atoms with E-state index in [1.165, 1.54) is 0 Å². The number of para-hydroxylation sites is 2. The molecule has 0 unspecified atom stereocenters. The third-order valence-corrected chi connectivity index (χ3v) is 4.42. The number of hydrogen-bond donors (Lipinski definition) is 1. The number of benzene rings is 2. The first kappa shape index (κ1) is 16.1. The maximum atomic E-state index is 12.7. The van der Waals surface area contributed by atoms with Gasteiger partial charge in [0.05, 0.1) is 23.6 Å². The minimum atomic E-state index is -0.271. The van der Waals surface area contributed by atoms with Crippen LogP contribution in [0.3, 0.4) is 0 Å². The van der Waals surface area contributed by atoms with Crippen LogP contribution in [0.2, 0.25) is 0 Å². The van der Waals surface area contributed by atoms with Gasteiger partial charge in [0, 0.05) is 12.4 Å². The van der Waals surface area contributed by atoms with Crippen molar-refractivity contribution >= 4 is 33.7 Å². The third kappa shape index (κ3) is 2.56. The van der Waals surface area contributed by atoms with Gasteiger partial charge in [-0.2, -0.15) is 5.10 Å². The molecule has 4 aromatic rings. The minimum absolute atomic E-state index is 0.271. The van der Waals surface area contributed by atoms with Crippen molar-refractivity contribution in [3.63, 3.8) is 0 Å². The molecule has 2 heterocycles. The van der Waals surface area contributed by atoms with Crippen LogP contribution in [0.15, 0.2) is 48.5 Å². The Kier molecular flexibility index (Phi) is 3.80. The second kappa shape index (κ2) is 6.15. The molecule has 130 valence electrons. The van der Waals surface area contributed by atoms with Crippen molar-refractivity contribution in [2.45, 2.75) is 6.92 Å². The van der Waals surface area contributed by atoms with Gasteiger partial charge in [-0.1, -0.05) is 30.3 Å². The van der Waals surface area contributed by atoms with Crippen LogP contribution in [0.4, 0.5) is 5.82 Å². The summed E-state index contributed by atoms with van der Waals surface area (Å²) in [6.07, 6.45) is 0. The summed E-state index contributed by atoms with van der Waals surface area (Å²) in [4.78, 5) is 17.4. The predicted molar refractivity (Wildman–Crippen MR) is 102 cm³/mol. The summed E-state index contributed by atoms with van der Waals surface area (Å²) >= 11 is 0. The molecule has 0 aliphatic rings. The average Bonchev–Trinajstić information content (AvgIpc) is 2.95. The van der Waals surface area contributed by atoms with Crippen LogP contribution in [0.5, 0.6) is 5.75 Å². The van der Waals surface area contributed by atoms with E-state index in [0.717, 1.165) is 27.5 Å². The first-order valence-corrected chi connectivity index (χ1v) is 8.26. The molecule has 0 radical (unpaired) electrons. The quantitative estimate of drug-likeness (QED) is 0.614. The molecule has 0 aliphatic carbocycles. The Labute approximate surface area is 150 Å². The van der Waals surface area contributed by atoms with Crippen LogP contribution in [-0.4, -0.2) is 27.8 Å². The van der Waals surface area contributed by atoms with Crippen molar-refractivity contribution < 1.29 is 9.53 Å². The van der Waals surface area contributed by atoms with E-state index in [2.05, 4.69) is 10.4 Å². The van der Waals surface area contributed by atoms with Crippen LogP contribution in [0, 0.1) is 6.92 Å². The fourth-order valence-corrected chi connectivity index (χ4v) is 3.11. The normalized spacial score (nSPS) is 11.0. The smallest absolute Gasteiger partial charge is 0.260 e. The minimum Gasteiger partial charge on any atom is -0.496 e. The van der Waals surface area contributed by atoms with E-state index < -0.39 is 0 Å². The van der Waals surface area contributed by atoms with Crippen LogP contribution in [0.25, 0.3) is 21.9 Å². The molecule has 0 atom stereocenters. The molecule has 0 spiro atoms. The number of ether oxygens (including phenoxy) is 1. The summed E-state index contributed by atoms with van der Waals surface area (Å²) in [5.74, 6) is 0.727. The first-order chi connectivity index (χ1) is 12.6. The number of fused-ring (bicyclic) bond motifs is 2. The molecule has 6 heteroatoms. The monoisotopic (exact) mass is 346 g/mol. The number of methoxy groups -OCH3 is 1. The highest BCUT2D eigenvalue weighted by atomic mass is 16.5. The standard InChI is InChI=1S/C20H18N4O2/c1-12-7-6-8-13-11-15-18(23-24(2)19(15)21-17(12)13)22-20(25)14-9-4-5-10-16(14)26-3/h4-11H,1-3H3,(H,22,23,25). The molecule has 4 rings (SSSR count). The van der Waals surface area contributed by atoms with Crippen molar-refractivity contribution in [2.75, 3.05) is 12.4 Å². The van der Waals surface area contributed by atoms with E-state index in [-0.39, 0.29) is 5.91 Å². The lowest BCUT2D eigenvalue weighted by atomic mass is 10.1. The third-order valence-electron chi connectivity index (χ3n) is 4.42. The van der Waals surface area contributed by atoms with E-state index in [9.17, 15) is 4.79 Å². The molecule has 26 heavy (non-hydrogen) atoms. The number of amides is 1. The van der Waals surface area contributed by atoms with Gasteiger partial charge in [0.1, 0.15) is 5.75 Å². The molecule has 2 aromatic heterocycles. The first-order valence-electron chi connectivity index (χ1n) is 8.26. The Bertz CT molecular complexity index is 1150. The number of rotatable bonds is 3. The zero-order valence-corrected chi connectivity index (χ0v) is 14.8. The second-order valence-corrected chi connectivity index (χ2v) is 6.13. The number of pyridine rings is 1. The summed E-state index contributed by atoms with van der Waals surface area (Å²) in [5.41, 5.74) is 3.22. The largest absolute Gasteiger partial charge is 0.496 e. The number of hydrogen-bond acceptors (Lipinski definition) is 4. The highest BCUT2D eigenvalue weighted by Gasteiger charge is 2.17. The number of carbonyl (C=O) groups excluding carboxylic acids is 1. The lowest BCUT2D eigenvalue weighted by Crippen LogP contribution is -2.13. The molecular weight excluding hydrogens is 328 g/mol. The molecule has 0 saturated carbocycles. The lowest BCUT2D eigenvalue weighted by Gasteiger charge is -2.07. The van der Waals surface area contributed by atoms with E-state index in [1.54, 1.807) is 30.0 Å². The van der Waals surface area contributed by atoms with Crippen LogP contribution >= 0.6 is 0 Å². The number of aromatic nitrogens is 3. The SMILES string of the molecule is COc1ccccc1C(=O)Nc1nn(C)c2nc3c(C)cccc3cc12. The van der Waals surface area contributed by atoms with Crippen LogP contribution < -0.4 is 10.1 Å². The van der Waals surface area contributed by atoms with E-state index in [4.69, 9.17) is 9.72 Å². The molecule has 1 N–H and O–H groups in total. The Morgan fingerprint density at radius 3 is 2.77 bits per heavy atom. The zero-order chi connectivity index (χ0) is 18.3. The number of aryl methyl sites for hydroxylation is 2. The van der Waals surface area contributed by atoms with Crippen LogP contribution in [-0.2, 0) is 7.05 Å². The van der Waals surface area contributed by atoms with Gasteiger partial charge in [-0.05, 0) is 30.7 Å². The molecule has 0 saturated heterocycles. The summed E-state index contributed by atoms with van der Waals surface area (Å²) in [6, 6.07) is 15.1. The molecule has 1 amide bonds. The maximum absolute atomic E-state index is 12.7. The van der Waals surface area contributed by atoms with E-state index in [0.29, 0.717) is 17.1 Å². The molecule has 6 nitrogen and oxygen atoms in total. The summed E-state index contributed by atoms with van der Waals surface area (Å²) in [5, 5.41) is 9.14. The Morgan fingerprint density at radius 1 is 1.15 bits per heavy atom. The number of anilines is 1. The van der Waals surface area contributed by atoms with Gasteiger partial charge in [0.2, 0.25) is 0 Å². The van der Waals surface area contributed by atoms with Gasteiger partial charge in [-0.25, -0.2) is 9.67 Å². The topological polar surface area (TPSA) is 69.0 Å². The number of nitrogens with one attached hydrogen (secondary N) is 1. The fraction of sp³-hybridized carbons (Fsp3) is 0.150. The predicted octanol–water partition coefficient (Wildman–Crippen LogP) is 3.69. The summed E-state index contributed by atoms with van der Waals surface area (Å²) < 4.78 is 6.95. The Balaban J connectivity index is 1.81. The Hall–Kier alpha value is -3.41. The summed E-state index contributed by atoms with van der Waals surface area (Å²) in [6.45, 7) is 2.03. The lowest BCUT2D eigenvalue weighted by molar-refractivity contribution is 0.102. The summed E-state index contributed by atoms with van der Waals surface area (Å²) in [7, 11) is 3.36. The van der Waals surface area contributed by atoms with E-state index >= 15 is 0 Å². The molecule has 0 fully saturated rings. The van der Waals surface area contributed by atoms with Gasteiger partial charge in [0.15, 0.2) is 11.5 Å². The maximum Gasteiger partial charge on any atom is 0.260 e. The molecule has 0 bridgehead atoms. The van der Waals surface area contributed by atoms with Gasteiger partial charge in [-0.15, -0.1) is 0 Å². The van der Waals surface area contributed by atoms with Crippen molar-refractivity contribution in [1.29, 1.82) is 0 Å². The van der Waals surface area contributed by atoms with E-state index in [1.807, 2.05) is 44.3 Å². The molecular formula is C20H18N4O2. The number of carbonyl (C=O) groups is 1. The van der Waals surface area contributed by atoms with Gasteiger partial charge >= 0.3 is 0 Å². The van der Waals surface area contributed by atoms with Gasteiger partial charge < -0.3 is 10.1 Å². The average molecular weight is 346 g/mol. The van der Waals surface area contributed by atoms with Crippen molar-refractivity contribution in [1.82, 2.24) is 14.8 Å². The van der Waals surface area contributed by atoms with Crippen molar-refractivity contribution in [3.05, 3.63) is 59.7 Å². The van der Waals surface area contributed by atoms with Gasteiger partial charge in [-0.3, -0.25) is 4.79 Å². The second-order valence-electron chi connectivity index (χ2n) is 6.13. The fourth-order valence-electron chi connectivity index (χ4n) is 3.11. The van der Waals surface area contributed by atoms with Crippen molar-refractivity contribution in [2.24, 2.45) is 7.05 Å². The van der Waals surface area contributed by atoms with Gasteiger partial charge in [0.25, 0.3) is 5.91 Å². The highest BCUT2D eigenvalue weighted by Crippen LogP contribution is 2.27. The zero-order valence-electron chi connectivity index (χ0n) is 14.8. The molecule has 2 aromatic carbocycles. The number of nitrogens with zero attached hydrogens (tertiary/aromatic N) is 3. The van der Waals surface area contributed by atoms with Crippen molar-refractivity contribution in [3.8, 4) is 5.75 Å². The van der Waals surface area contributed by atoms with Crippen LogP contribution in [0.1, 0.15) is 15.9 Å².